The van der Waals surface area contributed by atoms with E-state index in [-0.39, 0.29) is 0 Å². The highest BCUT2D eigenvalue weighted by atomic mass is 14.8. The van der Waals surface area contributed by atoms with Crippen molar-refractivity contribution in [1.29, 1.82) is 0 Å². The van der Waals surface area contributed by atoms with Gasteiger partial charge in [-0.2, -0.15) is 0 Å². The molecule has 0 saturated carbocycles. The van der Waals surface area contributed by atoms with Crippen LogP contribution in [0.2, 0.25) is 0 Å². The number of nitrogens with one attached hydrogen (secondary N) is 1. The molecule has 0 radical (unpaired) electrons. The summed E-state index contributed by atoms with van der Waals surface area (Å²) in [4.78, 5) is 0. The monoisotopic (exact) mass is 223 g/mol. The van der Waals surface area contributed by atoms with E-state index < -0.39 is 0 Å². The molecule has 0 aromatic heterocycles. The fourth-order valence-corrected chi connectivity index (χ4v) is 2.78. The third-order valence-corrected chi connectivity index (χ3v) is 3.69. The van der Waals surface area contributed by atoms with Crippen molar-refractivity contribution in [2.45, 2.75) is 12.3 Å². The minimum atomic E-state index is 0.572. The van der Waals surface area contributed by atoms with Gasteiger partial charge in [-0.1, -0.05) is 48.6 Å². The fourth-order valence-electron chi connectivity index (χ4n) is 2.78. The number of hydrogen-bond donors (Lipinski definition) is 1. The van der Waals surface area contributed by atoms with Crippen LogP contribution in [0.3, 0.4) is 0 Å². The van der Waals surface area contributed by atoms with Crippen LogP contribution in [0.15, 0.2) is 66.4 Å². The Kier molecular flexibility index (Phi) is 2.83. The lowest BCUT2D eigenvalue weighted by molar-refractivity contribution is 0.488. The van der Waals surface area contributed by atoms with E-state index in [0.717, 1.165) is 13.0 Å². The smallest absolute Gasteiger partial charge is 0.0216 e. The second kappa shape index (κ2) is 4.62. The summed E-state index contributed by atoms with van der Waals surface area (Å²) in [6, 6.07) is 10.8. The van der Waals surface area contributed by atoms with Crippen molar-refractivity contribution < 1.29 is 0 Å². The molecule has 1 heteroatoms. The average Bonchev–Trinajstić information content (AvgIpc) is 2.62. The summed E-state index contributed by atoms with van der Waals surface area (Å²) < 4.78 is 0. The van der Waals surface area contributed by atoms with E-state index >= 15 is 0 Å². The maximum absolute atomic E-state index is 3.40. The maximum atomic E-state index is 3.40. The molecule has 1 heterocycles. The van der Waals surface area contributed by atoms with Crippen LogP contribution >= 0.6 is 0 Å². The molecule has 17 heavy (non-hydrogen) atoms. The molecule has 0 fully saturated rings. The first-order valence-electron chi connectivity index (χ1n) is 6.27. The standard InChI is InChI=1S/C16H17N/c1-2-6-13(7-3-1)16-12-17-11-10-14-8-4-5-9-15(14)16/h1-8,10-11,15-17H,9,12H2. The van der Waals surface area contributed by atoms with Gasteiger partial charge in [0.2, 0.25) is 0 Å². The van der Waals surface area contributed by atoms with Crippen LogP contribution in [0.5, 0.6) is 0 Å². The lowest BCUT2D eigenvalue weighted by Gasteiger charge is -2.27. The topological polar surface area (TPSA) is 12.0 Å². The summed E-state index contributed by atoms with van der Waals surface area (Å²) in [5, 5.41) is 3.40. The van der Waals surface area contributed by atoms with E-state index in [1.165, 1.54) is 11.1 Å². The van der Waals surface area contributed by atoms with Crippen molar-refractivity contribution in [2.24, 2.45) is 5.92 Å². The van der Waals surface area contributed by atoms with E-state index in [1.807, 2.05) is 0 Å². The molecule has 2 unspecified atom stereocenters. The van der Waals surface area contributed by atoms with E-state index in [0.29, 0.717) is 11.8 Å². The molecule has 0 bridgehead atoms. The Labute approximate surface area is 103 Å². The minimum absolute atomic E-state index is 0.572. The minimum Gasteiger partial charge on any atom is -0.390 e. The normalized spacial score (nSPS) is 26.7. The Hall–Kier alpha value is -1.76. The van der Waals surface area contributed by atoms with Gasteiger partial charge in [-0.25, -0.2) is 0 Å². The van der Waals surface area contributed by atoms with Crippen LogP contribution in [0.1, 0.15) is 17.9 Å². The van der Waals surface area contributed by atoms with Crippen molar-refractivity contribution in [1.82, 2.24) is 5.32 Å². The van der Waals surface area contributed by atoms with E-state index in [4.69, 9.17) is 0 Å². The zero-order valence-corrected chi connectivity index (χ0v) is 9.84. The predicted molar refractivity (Wildman–Crippen MR) is 71.7 cm³/mol. The Morgan fingerprint density at radius 3 is 2.82 bits per heavy atom. The molecule has 86 valence electrons. The van der Waals surface area contributed by atoms with Crippen molar-refractivity contribution in [3.05, 3.63) is 72.0 Å². The molecule has 1 aromatic rings. The zero-order chi connectivity index (χ0) is 11.5. The van der Waals surface area contributed by atoms with Gasteiger partial charge in [-0.05, 0) is 35.8 Å². The highest BCUT2D eigenvalue weighted by Gasteiger charge is 2.26. The Morgan fingerprint density at radius 2 is 1.94 bits per heavy atom. The van der Waals surface area contributed by atoms with Crippen LogP contribution < -0.4 is 5.32 Å². The van der Waals surface area contributed by atoms with Gasteiger partial charge in [-0.3, -0.25) is 0 Å². The van der Waals surface area contributed by atoms with E-state index in [9.17, 15) is 0 Å². The van der Waals surface area contributed by atoms with Crippen molar-refractivity contribution in [2.75, 3.05) is 6.54 Å². The summed E-state index contributed by atoms with van der Waals surface area (Å²) in [6.45, 7) is 1.02. The van der Waals surface area contributed by atoms with Crippen LogP contribution in [0.4, 0.5) is 0 Å². The Morgan fingerprint density at radius 1 is 1.06 bits per heavy atom. The van der Waals surface area contributed by atoms with E-state index in [1.54, 1.807) is 0 Å². The summed E-state index contributed by atoms with van der Waals surface area (Å²) in [5.74, 6) is 1.19. The number of rotatable bonds is 1. The highest BCUT2D eigenvalue weighted by molar-refractivity contribution is 5.36. The molecule has 1 aromatic carbocycles. The number of hydrogen-bond acceptors (Lipinski definition) is 1. The van der Waals surface area contributed by atoms with Gasteiger partial charge in [0.05, 0.1) is 0 Å². The first-order valence-corrected chi connectivity index (χ1v) is 6.27. The molecule has 1 N–H and O–H groups in total. The SMILES string of the molecule is C1=CCC2C(=C1)C=CNCC2c1ccccc1. The van der Waals surface area contributed by atoms with Crippen LogP contribution in [-0.2, 0) is 0 Å². The van der Waals surface area contributed by atoms with Gasteiger partial charge in [0.15, 0.2) is 0 Å². The quantitative estimate of drug-likeness (QED) is 0.769. The molecule has 1 aliphatic carbocycles. The van der Waals surface area contributed by atoms with Crippen LogP contribution in [0.25, 0.3) is 0 Å². The van der Waals surface area contributed by atoms with Gasteiger partial charge in [0.1, 0.15) is 0 Å². The van der Waals surface area contributed by atoms with Gasteiger partial charge in [0, 0.05) is 12.5 Å². The molecule has 0 amide bonds. The third kappa shape index (κ3) is 2.05. The third-order valence-electron chi connectivity index (χ3n) is 3.69. The summed E-state index contributed by atoms with van der Waals surface area (Å²) in [5.41, 5.74) is 2.89. The maximum Gasteiger partial charge on any atom is 0.0216 e. The van der Waals surface area contributed by atoms with Crippen molar-refractivity contribution in [3.8, 4) is 0 Å². The molecule has 0 spiro atoms. The summed E-state index contributed by atoms with van der Waals surface area (Å²) in [7, 11) is 0. The lowest BCUT2D eigenvalue weighted by atomic mass is 9.78. The highest BCUT2D eigenvalue weighted by Crippen LogP contribution is 2.36. The molecular weight excluding hydrogens is 206 g/mol. The molecule has 0 saturated heterocycles. The van der Waals surface area contributed by atoms with Crippen molar-refractivity contribution >= 4 is 0 Å². The van der Waals surface area contributed by atoms with Crippen LogP contribution in [-0.4, -0.2) is 6.54 Å². The number of benzene rings is 1. The largest absolute Gasteiger partial charge is 0.390 e. The van der Waals surface area contributed by atoms with E-state index in [2.05, 4.69) is 66.2 Å². The first kappa shape index (κ1) is 10.4. The molecule has 2 aliphatic rings. The summed E-state index contributed by atoms with van der Waals surface area (Å²) in [6.07, 6.45) is 12.1. The van der Waals surface area contributed by atoms with Gasteiger partial charge in [0.25, 0.3) is 0 Å². The second-order valence-corrected chi connectivity index (χ2v) is 4.70. The average molecular weight is 223 g/mol. The van der Waals surface area contributed by atoms with Crippen LogP contribution in [0, 0.1) is 5.92 Å². The molecular formula is C16H17N. The molecule has 3 rings (SSSR count). The Balaban J connectivity index is 1.95. The number of allylic oxidation sites excluding steroid dienone is 5. The lowest BCUT2D eigenvalue weighted by Crippen LogP contribution is -2.22. The van der Waals surface area contributed by atoms with Crippen molar-refractivity contribution in [3.63, 3.8) is 0 Å². The van der Waals surface area contributed by atoms with Gasteiger partial charge < -0.3 is 5.32 Å². The molecule has 1 nitrogen and oxygen atoms in total. The Bertz CT molecular complexity index is 468. The number of fused-ring (bicyclic) bond motifs is 1. The van der Waals surface area contributed by atoms with Gasteiger partial charge >= 0.3 is 0 Å². The molecule has 1 aliphatic heterocycles. The fraction of sp³-hybridized carbons (Fsp3) is 0.250. The first-order chi connectivity index (χ1) is 8.45. The predicted octanol–water partition coefficient (Wildman–Crippen LogP) is 3.39. The van der Waals surface area contributed by atoms with Gasteiger partial charge in [-0.15, -0.1) is 0 Å². The molecule has 2 atom stereocenters. The second-order valence-electron chi connectivity index (χ2n) is 4.70. The summed E-state index contributed by atoms with van der Waals surface area (Å²) >= 11 is 0. The zero-order valence-electron chi connectivity index (χ0n) is 9.84.